The van der Waals surface area contributed by atoms with Gasteiger partial charge in [0.15, 0.2) is 0 Å². The molecule has 0 aromatic rings. The lowest BCUT2D eigenvalue weighted by molar-refractivity contribution is 0.0631. The fourth-order valence-electron chi connectivity index (χ4n) is 8.97. The number of hydrogen-bond donors (Lipinski definition) is 0. The summed E-state index contributed by atoms with van der Waals surface area (Å²) in [6.07, 6.45) is 7.42. The lowest BCUT2D eigenvalue weighted by atomic mass is 9.91. The van der Waals surface area contributed by atoms with Gasteiger partial charge in [-0.05, 0) is 110 Å². The fourth-order valence-corrected chi connectivity index (χ4v) is 8.97. The van der Waals surface area contributed by atoms with E-state index in [0.29, 0.717) is 11.1 Å². The molecule has 6 rings (SSSR count). The fraction of sp³-hybridized carbons (Fsp3) is 1.00. The van der Waals surface area contributed by atoms with Gasteiger partial charge in [0, 0.05) is 48.3 Å². The first-order chi connectivity index (χ1) is 13.3. The van der Waals surface area contributed by atoms with Crippen LogP contribution >= 0.6 is 0 Å². The largest absolute Gasteiger partial charge is 0.297 e. The van der Waals surface area contributed by atoms with E-state index in [2.05, 4.69) is 56.2 Å². The van der Waals surface area contributed by atoms with Crippen molar-refractivity contribution < 1.29 is 0 Å². The molecule has 3 nitrogen and oxygen atoms in total. The van der Waals surface area contributed by atoms with Gasteiger partial charge in [0.2, 0.25) is 0 Å². The molecule has 3 saturated heterocycles. The summed E-state index contributed by atoms with van der Waals surface area (Å²) < 4.78 is 0. The average Bonchev–Trinajstić information content (AvgIpc) is 3.53. The molecule has 0 amide bonds. The Kier molecular flexibility index (Phi) is 3.84. The van der Waals surface area contributed by atoms with E-state index in [9.17, 15) is 0 Å². The Hall–Kier alpha value is -0.120. The highest BCUT2D eigenvalue weighted by atomic mass is 15.3. The van der Waals surface area contributed by atoms with Crippen LogP contribution in [0.4, 0.5) is 0 Å². The molecule has 3 heterocycles. The Labute approximate surface area is 173 Å². The van der Waals surface area contributed by atoms with Crippen molar-refractivity contribution in [2.75, 3.05) is 19.6 Å². The second kappa shape index (κ2) is 5.77. The maximum absolute atomic E-state index is 3.00. The zero-order valence-electron chi connectivity index (χ0n) is 19.2. The summed E-state index contributed by atoms with van der Waals surface area (Å²) >= 11 is 0. The van der Waals surface area contributed by atoms with Crippen molar-refractivity contribution in [3.05, 3.63) is 0 Å². The zero-order chi connectivity index (χ0) is 19.6. The van der Waals surface area contributed by atoms with Crippen LogP contribution in [-0.2, 0) is 0 Å². The van der Waals surface area contributed by atoms with Gasteiger partial charge in [-0.25, -0.2) is 0 Å². The molecule has 3 saturated carbocycles. The Balaban J connectivity index is 1.11. The molecule has 0 aromatic carbocycles. The minimum atomic E-state index is 0.409. The lowest BCUT2D eigenvalue weighted by Gasteiger charge is -2.41. The second-order valence-corrected chi connectivity index (χ2v) is 12.6. The molecule has 6 fully saturated rings. The number of fused-ring (bicyclic) bond motifs is 2. The first kappa shape index (κ1) is 18.6. The Bertz CT molecular complexity index is 638. The van der Waals surface area contributed by atoms with Crippen molar-refractivity contribution in [1.82, 2.24) is 14.7 Å². The maximum Gasteiger partial charge on any atom is 0.0217 e. The van der Waals surface area contributed by atoms with E-state index in [4.69, 9.17) is 0 Å². The van der Waals surface area contributed by atoms with Crippen LogP contribution in [0.15, 0.2) is 0 Å². The summed E-state index contributed by atoms with van der Waals surface area (Å²) in [5.74, 6) is 4.97. The zero-order valence-corrected chi connectivity index (χ0v) is 19.2. The summed E-state index contributed by atoms with van der Waals surface area (Å²) in [4.78, 5) is 8.74. The van der Waals surface area contributed by atoms with Gasteiger partial charge in [-0.3, -0.25) is 14.7 Å². The Morgan fingerprint density at radius 2 is 1.54 bits per heavy atom. The molecule has 28 heavy (non-hydrogen) atoms. The van der Waals surface area contributed by atoms with Crippen molar-refractivity contribution in [2.24, 2.45) is 29.6 Å². The van der Waals surface area contributed by atoms with Crippen molar-refractivity contribution in [3.8, 4) is 0 Å². The summed E-state index contributed by atoms with van der Waals surface area (Å²) in [6, 6.07) is 3.28. The summed E-state index contributed by atoms with van der Waals surface area (Å²) in [7, 11) is 0. The molecule has 0 aromatic heterocycles. The van der Waals surface area contributed by atoms with Crippen LogP contribution < -0.4 is 0 Å². The highest BCUT2D eigenvalue weighted by Crippen LogP contribution is 2.65. The molecule has 1 spiro atoms. The molecule has 158 valence electrons. The van der Waals surface area contributed by atoms with Crippen molar-refractivity contribution in [3.63, 3.8) is 0 Å². The van der Waals surface area contributed by atoms with Gasteiger partial charge in [-0.15, -0.1) is 0 Å². The van der Waals surface area contributed by atoms with Gasteiger partial charge in [-0.2, -0.15) is 0 Å². The third-order valence-electron chi connectivity index (χ3n) is 10.4. The Morgan fingerprint density at radius 3 is 2.11 bits per heavy atom. The smallest absolute Gasteiger partial charge is 0.0217 e. The highest BCUT2D eigenvalue weighted by molar-refractivity contribution is 5.22. The number of nitrogens with zero attached hydrogens (tertiary/aromatic N) is 3. The molecule has 3 aliphatic heterocycles. The van der Waals surface area contributed by atoms with Gasteiger partial charge in [-0.1, -0.05) is 0 Å². The molecule has 0 N–H and O–H groups in total. The normalized spacial score (nSPS) is 47.4. The number of hydrogen-bond acceptors (Lipinski definition) is 3. The first-order valence-electron chi connectivity index (χ1n) is 12.6. The van der Waals surface area contributed by atoms with E-state index in [1.54, 1.807) is 0 Å². The molecule has 6 atom stereocenters. The van der Waals surface area contributed by atoms with Crippen LogP contribution in [0.5, 0.6) is 0 Å². The molecule has 6 unspecified atom stereocenters. The number of likely N-dealkylation sites (tertiary alicyclic amines) is 3. The third-order valence-corrected chi connectivity index (χ3v) is 10.4. The van der Waals surface area contributed by atoms with Gasteiger partial charge in [0.25, 0.3) is 0 Å². The monoisotopic (exact) mass is 385 g/mol. The van der Waals surface area contributed by atoms with Crippen LogP contribution in [0.25, 0.3) is 0 Å². The second-order valence-electron chi connectivity index (χ2n) is 12.6. The molecule has 3 heteroatoms. The van der Waals surface area contributed by atoms with E-state index in [-0.39, 0.29) is 0 Å². The van der Waals surface area contributed by atoms with E-state index in [0.717, 1.165) is 53.8 Å². The van der Waals surface area contributed by atoms with Crippen LogP contribution in [0.2, 0.25) is 0 Å². The van der Waals surface area contributed by atoms with E-state index >= 15 is 0 Å². The predicted octanol–water partition coefficient (Wildman–Crippen LogP) is 4.08. The van der Waals surface area contributed by atoms with Crippen LogP contribution in [0.3, 0.4) is 0 Å². The first-order valence-corrected chi connectivity index (χ1v) is 12.6. The van der Waals surface area contributed by atoms with Gasteiger partial charge < -0.3 is 0 Å². The number of piperidine rings is 2. The highest BCUT2D eigenvalue weighted by Gasteiger charge is 2.69. The topological polar surface area (TPSA) is 9.72 Å². The summed E-state index contributed by atoms with van der Waals surface area (Å²) in [5, 5.41) is 0. The van der Waals surface area contributed by atoms with Gasteiger partial charge >= 0.3 is 0 Å². The molecule has 0 bridgehead atoms. The minimum Gasteiger partial charge on any atom is -0.297 e. The van der Waals surface area contributed by atoms with E-state index in [1.807, 2.05) is 0 Å². The Morgan fingerprint density at radius 1 is 0.857 bits per heavy atom. The minimum absolute atomic E-state index is 0.409. The van der Waals surface area contributed by atoms with Crippen LogP contribution in [0, 0.1) is 29.6 Å². The maximum atomic E-state index is 3.00. The molecule has 6 aliphatic rings. The van der Waals surface area contributed by atoms with Crippen molar-refractivity contribution >= 4 is 0 Å². The molecule has 0 radical (unpaired) electrons. The van der Waals surface area contributed by atoms with Crippen molar-refractivity contribution in [2.45, 2.75) is 109 Å². The molecular formula is C25H43N3. The average molecular weight is 386 g/mol. The standard InChI is InChI=1S/C25H43N3/c1-15(2)27-12-8-17-22(23(17)27)24(5,6)26-13-18-19(14-26)21(18)20-7-9-25(10-11-25)28(20)16(3)4/h15-23H,7-14H2,1-6H3. The van der Waals surface area contributed by atoms with Gasteiger partial charge in [0.05, 0.1) is 0 Å². The SMILES string of the molecule is CC(C)N1CCC2C1C2C(C)(C)N1CC2C(C1)C2C1CCC2(CC2)N1C(C)C. The lowest BCUT2D eigenvalue weighted by Crippen LogP contribution is -2.50. The van der Waals surface area contributed by atoms with Crippen LogP contribution in [0.1, 0.15) is 73.6 Å². The number of rotatable bonds is 5. The summed E-state index contributed by atoms with van der Waals surface area (Å²) in [5.41, 5.74) is 1.06. The van der Waals surface area contributed by atoms with E-state index in [1.165, 1.54) is 51.7 Å². The van der Waals surface area contributed by atoms with Crippen molar-refractivity contribution in [1.29, 1.82) is 0 Å². The third kappa shape index (κ3) is 2.39. The molecule has 3 aliphatic carbocycles. The predicted molar refractivity (Wildman–Crippen MR) is 115 cm³/mol. The van der Waals surface area contributed by atoms with E-state index < -0.39 is 0 Å². The molecular weight excluding hydrogens is 342 g/mol. The quantitative estimate of drug-likeness (QED) is 0.706. The van der Waals surface area contributed by atoms with Gasteiger partial charge in [0.1, 0.15) is 0 Å². The van der Waals surface area contributed by atoms with Crippen LogP contribution in [-0.4, -0.2) is 69.6 Å². The summed E-state index contributed by atoms with van der Waals surface area (Å²) in [6.45, 7) is 19.0.